The number of rotatable bonds is 6. The van der Waals surface area contributed by atoms with E-state index in [9.17, 15) is 19.2 Å². The predicted octanol–water partition coefficient (Wildman–Crippen LogP) is 3.26. The summed E-state index contributed by atoms with van der Waals surface area (Å²) in [4.78, 5) is 49.0. The summed E-state index contributed by atoms with van der Waals surface area (Å²) in [5.41, 5.74) is 1.62. The second-order valence-corrected chi connectivity index (χ2v) is 7.80. The van der Waals surface area contributed by atoms with E-state index in [2.05, 4.69) is 10.6 Å². The summed E-state index contributed by atoms with van der Waals surface area (Å²) in [5.74, 6) is -1.56. The second-order valence-electron chi connectivity index (χ2n) is 6.55. The number of anilines is 2. The summed E-state index contributed by atoms with van der Waals surface area (Å²) in [6, 6.07) is 13.8. The lowest BCUT2D eigenvalue weighted by molar-refractivity contribution is -0.153. The van der Waals surface area contributed by atoms with Crippen LogP contribution < -0.4 is 10.6 Å². The molecule has 0 saturated carbocycles. The van der Waals surface area contributed by atoms with Gasteiger partial charge < -0.3 is 15.4 Å². The number of benzene rings is 2. The number of ketones is 1. The highest BCUT2D eigenvalue weighted by Crippen LogP contribution is 2.36. The third-order valence-corrected chi connectivity index (χ3v) is 5.55. The van der Waals surface area contributed by atoms with Gasteiger partial charge in [-0.05, 0) is 38.1 Å². The first-order chi connectivity index (χ1) is 13.8. The van der Waals surface area contributed by atoms with Crippen molar-refractivity contribution in [3.05, 3.63) is 54.1 Å². The molecule has 1 aliphatic heterocycles. The molecule has 2 atom stereocenters. The summed E-state index contributed by atoms with van der Waals surface area (Å²) in [5, 5.41) is 4.75. The van der Waals surface area contributed by atoms with E-state index in [1.807, 2.05) is 18.2 Å². The molecule has 2 aromatic rings. The Balaban J connectivity index is 1.55. The van der Waals surface area contributed by atoms with Crippen LogP contribution in [0.5, 0.6) is 0 Å². The lowest BCUT2D eigenvalue weighted by Gasteiger charge is -2.23. The Kier molecular flexibility index (Phi) is 6.33. The zero-order valence-corrected chi connectivity index (χ0v) is 16.7. The SMILES string of the molecule is CC(=O)c1cccc(NC(=O)C(C)OC(=O)CC2Sc3ccccc3NC2=O)c1. The molecule has 29 heavy (non-hydrogen) atoms. The van der Waals surface area contributed by atoms with E-state index in [1.54, 1.807) is 30.3 Å². The summed E-state index contributed by atoms with van der Waals surface area (Å²) in [6.07, 6.45) is -1.20. The first-order valence-corrected chi connectivity index (χ1v) is 9.89. The highest BCUT2D eigenvalue weighted by Gasteiger charge is 2.30. The summed E-state index contributed by atoms with van der Waals surface area (Å²) >= 11 is 1.29. The minimum atomic E-state index is -1.05. The molecule has 3 rings (SSSR count). The van der Waals surface area contributed by atoms with Crippen LogP contribution >= 0.6 is 11.8 Å². The third-order valence-electron chi connectivity index (χ3n) is 4.27. The first kappa shape index (κ1) is 20.6. The van der Waals surface area contributed by atoms with Gasteiger partial charge in [0.25, 0.3) is 5.91 Å². The predicted molar refractivity (Wildman–Crippen MR) is 110 cm³/mol. The fourth-order valence-corrected chi connectivity index (χ4v) is 3.83. The number of thioether (sulfide) groups is 1. The fourth-order valence-electron chi connectivity index (χ4n) is 2.74. The quantitative estimate of drug-likeness (QED) is 0.558. The van der Waals surface area contributed by atoms with Crippen LogP contribution in [0, 0.1) is 0 Å². The number of para-hydroxylation sites is 1. The summed E-state index contributed by atoms with van der Waals surface area (Å²) in [6.45, 7) is 2.88. The lowest BCUT2D eigenvalue weighted by atomic mass is 10.1. The number of amides is 2. The van der Waals surface area contributed by atoms with E-state index in [-0.39, 0.29) is 18.1 Å². The molecule has 7 nitrogen and oxygen atoms in total. The molecule has 0 aromatic heterocycles. The standard InChI is InChI=1S/C21H20N2O5S/c1-12(24)14-6-5-7-15(10-14)22-20(26)13(2)28-19(25)11-18-21(27)23-16-8-3-4-9-17(16)29-18/h3-10,13,18H,11H2,1-2H3,(H,22,26)(H,23,27). The number of hydrogen-bond acceptors (Lipinski definition) is 6. The Labute approximate surface area is 172 Å². The van der Waals surface area contributed by atoms with Gasteiger partial charge in [-0.1, -0.05) is 24.3 Å². The van der Waals surface area contributed by atoms with Gasteiger partial charge in [-0.25, -0.2) is 0 Å². The zero-order chi connectivity index (χ0) is 21.0. The van der Waals surface area contributed by atoms with Crippen LogP contribution in [-0.4, -0.2) is 34.9 Å². The van der Waals surface area contributed by atoms with E-state index in [4.69, 9.17) is 4.74 Å². The topological polar surface area (TPSA) is 102 Å². The Bertz CT molecular complexity index is 975. The minimum Gasteiger partial charge on any atom is -0.452 e. The van der Waals surface area contributed by atoms with Crippen molar-refractivity contribution >= 4 is 46.7 Å². The van der Waals surface area contributed by atoms with Crippen molar-refractivity contribution in [2.24, 2.45) is 0 Å². The van der Waals surface area contributed by atoms with Crippen molar-refractivity contribution in [2.75, 3.05) is 10.6 Å². The van der Waals surface area contributed by atoms with Crippen LogP contribution in [0.2, 0.25) is 0 Å². The third kappa shape index (κ3) is 5.23. The van der Waals surface area contributed by atoms with Gasteiger partial charge in [-0.15, -0.1) is 11.8 Å². The summed E-state index contributed by atoms with van der Waals surface area (Å²) in [7, 11) is 0. The van der Waals surface area contributed by atoms with E-state index < -0.39 is 23.2 Å². The van der Waals surface area contributed by atoms with Crippen molar-refractivity contribution in [2.45, 2.75) is 36.5 Å². The van der Waals surface area contributed by atoms with Gasteiger partial charge in [0, 0.05) is 16.1 Å². The van der Waals surface area contributed by atoms with Crippen LogP contribution in [0.1, 0.15) is 30.6 Å². The van der Waals surface area contributed by atoms with Crippen molar-refractivity contribution < 1.29 is 23.9 Å². The number of carbonyl (C=O) groups excluding carboxylic acids is 4. The molecular weight excluding hydrogens is 392 g/mol. The van der Waals surface area contributed by atoms with Gasteiger partial charge in [0.1, 0.15) is 0 Å². The Morgan fingerprint density at radius 2 is 1.93 bits per heavy atom. The number of nitrogens with one attached hydrogen (secondary N) is 2. The molecule has 2 N–H and O–H groups in total. The van der Waals surface area contributed by atoms with Gasteiger partial charge in [0.15, 0.2) is 11.9 Å². The van der Waals surface area contributed by atoms with E-state index in [0.29, 0.717) is 16.9 Å². The van der Waals surface area contributed by atoms with Crippen LogP contribution in [0.15, 0.2) is 53.4 Å². The molecule has 0 spiro atoms. The Hall–Kier alpha value is -3.13. The number of esters is 1. The molecule has 0 fully saturated rings. The van der Waals surface area contributed by atoms with Crippen LogP contribution in [-0.2, 0) is 19.1 Å². The lowest BCUT2D eigenvalue weighted by Crippen LogP contribution is -2.34. The summed E-state index contributed by atoms with van der Waals surface area (Å²) < 4.78 is 5.19. The number of carbonyl (C=O) groups is 4. The van der Waals surface area contributed by atoms with Crippen LogP contribution in [0.25, 0.3) is 0 Å². The van der Waals surface area contributed by atoms with E-state index >= 15 is 0 Å². The average molecular weight is 412 g/mol. The Morgan fingerprint density at radius 3 is 2.69 bits per heavy atom. The van der Waals surface area contributed by atoms with Crippen LogP contribution in [0.4, 0.5) is 11.4 Å². The molecular formula is C21H20N2O5S. The molecule has 2 aromatic carbocycles. The van der Waals surface area contributed by atoms with Crippen molar-refractivity contribution in [1.82, 2.24) is 0 Å². The molecule has 2 amide bonds. The zero-order valence-electron chi connectivity index (χ0n) is 15.9. The number of hydrogen-bond donors (Lipinski definition) is 2. The number of ether oxygens (including phenoxy) is 1. The molecule has 0 saturated heterocycles. The van der Waals surface area contributed by atoms with Gasteiger partial charge in [-0.2, -0.15) is 0 Å². The highest BCUT2D eigenvalue weighted by molar-refractivity contribution is 8.01. The minimum absolute atomic E-state index is 0.120. The van der Waals surface area contributed by atoms with Gasteiger partial charge in [0.2, 0.25) is 5.91 Å². The molecule has 0 bridgehead atoms. The maximum Gasteiger partial charge on any atom is 0.308 e. The first-order valence-electron chi connectivity index (χ1n) is 9.01. The van der Waals surface area contributed by atoms with E-state index in [0.717, 1.165) is 4.90 Å². The number of Topliss-reactive ketones (excluding diaryl/α,β-unsaturated/α-hetero) is 1. The van der Waals surface area contributed by atoms with Gasteiger partial charge in [0.05, 0.1) is 17.4 Å². The largest absolute Gasteiger partial charge is 0.452 e. The molecule has 1 heterocycles. The normalized spacial score (nSPS) is 16.2. The maximum absolute atomic E-state index is 12.3. The van der Waals surface area contributed by atoms with Crippen molar-refractivity contribution in [3.63, 3.8) is 0 Å². The molecule has 150 valence electrons. The molecule has 1 aliphatic rings. The molecule has 0 radical (unpaired) electrons. The fraction of sp³-hybridized carbons (Fsp3) is 0.238. The Morgan fingerprint density at radius 1 is 1.17 bits per heavy atom. The van der Waals surface area contributed by atoms with Crippen molar-refractivity contribution in [3.8, 4) is 0 Å². The smallest absolute Gasteiger partial charge is 0.308 e. The number of fused-ring (bicyclic) bond motifs is 1. The highest BCUT2D eigenvalue weighted by atomic mass is 32.2. The van der Waals surface area contributed by atoms with Crippen molar-refractivity contribution in [1.29, 1.82) is 0 Å². The van der Waals surface area contributed by atoms with Crippen LogP contribution in [0.3, 0.4) is 0 Å². The second kappa shape index (κ2) is 8.91. The monoisotopic (exact) mass is 412 g/mol. The maximum atomic E-state index is 12.3. The molecule has 0 aliphatic carbocycles. The van der Waals surface area contributed by atoms with Gasteiger partial charge in [-0.3, -0.25) is 19.2 Å². The molecule has 2 unspecified atom stereocenters. The van der Waals surface area contributed by atoms with E-state index in [1.165, 1.54) is 25.6 Å². The van der Waals surface area contributed by atoms with Gasteiger partial charge >= 0.3 is 5.97 Å². The molecule has 8 heteroatoms. The average Bonchev–Trinajstić information content (AvgIpc) is 2.68.